The maximum absolute atomic E-state index is 13.6. The van der Waals surface area contributed by atoms with Crippen LogP contribution in [0.25, 0.3) is 0 Å². The summed E-state index contributed by atoms with van der Waals surface area (Å²) in [6, 6.07) is 2.72. The van der Waals surface area contributed by atoms with Crippen LogP contribution in [0.15, 0.2) is 27.6 Å². The van der Waals surface area contributed by atoms with Gasteiger partial charge in [0, 0.05) is 12.0 Å². The molecule has 0 amide bonds. The molecular weight excluding hydrogens is 318 g/mol. The molecule has 1 aromatic heterocycles. The second kappa shape index (κ2) is 5.91. The van der Waals surface area contributed by atoms with Crippen molar-refractivity contribution in [1.29, 1.82) is 0 Å². The third kappa shape index (κ3) is 3.19. The molecular formula is C13H14F2N2O4S. The summed E-state index contributed by atoms with van der Waals surface area (Å²) in [5.74, 6) is -2.47. The topological polar surface area (TPSA) is 81.4 Å². The van der Waals surface area contributed by atoms with E-state index < -0.39 is 32.3 Å². The van der Waals surface area contributed by atoms with Crippen molar-refractivity contribution in [2.75, 3.05) is 11.8 Å². The zero-order chi connectivity index (χ0) is 16.5. The molecule has 0 radical (unpaired) electrons. The minimum absolute atomic E-state index is 0.0154. The number of methoxy groups -OCH3 is 1. The number of hydrogen-bond acceptors (Lipinski definition) is 5. The fourth-order valence-electron chi connectivity index (χ4n) is 1.69. The Morgan fingerprint density at radius 2 is 1.82 bits per heavy atom. The number of nitrogens with zero attached hydrogens (tertiary/aromatic N) is 1. The highest BCUT2D eigenvalue weighted by Gasteiger charge is 2.22. The first-order valence-electron chi connectivity index (χ1n) is 6.27. The molecule has 0 unspecified atom stereocenters. The average Bonchev–Trinajstić information content (AvgIpc) is 2.86. The molecule has 1 heterocycles. The largest absolute Gasteiger partial charge is 0.491 e. The van der Waals surface area contributed by atoms with Crippen molar-refractivity contribution in [3.05, 3.63) is 35.6 Å². The quantitative estimate of drug-likeness (QED) is 0.910. The Hall–Kier alpha value is -2.16. The maximum atomic E-state index is 13.6. The molecule has 0 spiro atoms. The van der Waals surface area contributed by atoms with Crippen LogP contribution in [-0.4, -0.2) is 20.7 Å². The average molecular weight is 332 g/mol. The van der Waals surface area contributed by atoms with Gasteiger partial charge in [0.15, 0.2) is 23.2 Å². The summed E-state index contributed by atoms with van der Waals surface area (Å²) in [5, 5.41) is 3.55. The molecule has 0 aliphatic rings. The molecule has 0 saturated heterocycles. The van der Waals surface area contributed by atoms with Crippen molar-refractivity contribution >= 4 is 15.8 Å². The first kappa shape index (κ1) is 16.2. The van der Waals surface area contributed by atoms with Gasteiger partial charge in [-0.1, -0.05) is 19.0 Å². The number of aromatic nitrogens is 1. The van der Waals surface area contributed by atoms with Crippen molar-refractivity contribution in [2.45, 2.75) is 24.7 Å². The van der Waals surface area contributed by atoms with Crippen LogP contribution in [0, 0.1) is 11.6 Å². The van der Waals surface area contributed by atoms with Crippen molar-refractivity contribution < 1.29 is 26.5 Å². The van der Waals surface area contributed by atoms with E-state index in [-0.39, 0.29) is 11.7 Å². The van der Waals surface area contributed by atoms with Gasteiger partial charge in [-0.2, -0.15) is 0 Å². The van der Waals surface area contributed by atoms with Gasteiger partial charge in [0.25, 0.3) is 10.0 Å². The minimum Gasteiger partial charge on any atom is -0.491 e. The van der Waals surface area contributed by atoms with Crippen LogP contribution in [0.3, 0.4) is 0 Å². The van der Waals surface area contributed by atoms with E-state index in [0.717, 1.165) is 7.11 Å². The first-order valence-corrected chi connectivity index (χ1v) is 7.75. The maximum Gasteiger partial charge on any atom is 0.263 e. The molecule has 0 saturated carbocycles. The second-order valence-corrected chi connectivity index (χ2v) is 6.48. The summed E-state index contributed by atoms with van der Waals surface area (Å²) < 4.78 is 63.0. The Morgan fingerprint density at radius 3 is 2.27 bits per heavy atom. The molecule has 0 bridgehead atoms. The van der Waals surface area contributed by atoms with Crippen molar-refractivity contribution in [3.63, 3.8) is 0 Å². The van der Waals surface area contributed by atoms with Crippen LogP contribution in [0.1, 0.15) is 25.5 Å². The number of sulfonamides is 1. The monoisotopic (exact) mass is 332 g/mol. The van der Waals surface area contributed by atoms with E-state index >= 15 is 0 Å². The lowest BCUT2D eigenvalue weighted by atomic mass is 10.2. The van der Waals surface area contributed by atoms with Gasteiger partial charge in [0.2, 0.25) is 0 Å². The summed E-state index contributed by atoms with van der Waals surface area (Å²) in [7, 11) is -3.12. The Kier molecular flexibility index (Phi) is 4.36. The summed E-state index contributed by atoms with van der Waals surface area (Å²) >= 11 is 0. The van der Waals surface area contributed by atoms with Crippen molar-refractivity contribution in [2.24, 2.45) is 0 Å². The number of ether oxygens (including phenoxy) is 1. The molecule has 0 fully saturated rings. The zero-order valence-electron chi connectivity index (χ0n) is 12.1. The van der Waals surface area contributed by atoms with E-state index in [9.17, 15) is 17.2 Å². The van der Waals surface area contributed by atoms with Gasteiger partial charge in [-0.25, -0.2) is 17.2 Å². The van der Waals surface area contributed by atoms with Crippen LogP contribution >= 0.6 is 0 Å². The molecule has 9 heteroatoms. The van der Waals surface area contributed by atoms with E-state index in [1.165, 1.54) is 6.07 Å². The highest BCUT2D eigenvalue weighted by atomic mass is 32.2. The third-order valence-electron chi connectivity index (χ3n) is 2.82. The van der Waals surface area contributed by atoms with Gasteiger partial charge in [0.1, 0.15) is 5.76 Å². The Morgan fingerprint density at radius 1 is 1.23 bits per heavy atom. The Labute approximate surface area is 126 Å². The lowest BCUT2D eigenvalue weighted by Crippen LogP contribution is -2.14. The van der Waals surface area contributed by atoms with E-state index in [4.69, 9.17) is 4.52 Å². The molecule has 120 valence electrons. The fraction of sp³-hybridized carbons (Fsp3) is 0.308. The molecule has 1 aromatic carbocycles. The van der Waals surface area contributed by atoms with Gasteiger partial charge in [-0.05, 0) is 12.1 Å². The van der Waals surface area contributed by atoms with E-state index in [2.05, 4.69) is 14.6 Å². The lowest BCUT2D eigenvalue weighted by Gasteiger charge is -2.08. The summed E-state index contributed by atoms with van der Waals surface area (Å²) in [4.78, 5) is -0.586. The SMILES string of the molecule is COc1c(F)cc(S(=O)(=O)Nc2cc(C(C)C)on2)cc1F. The predicted molar refractivity (Wildman–Crippen MR) is 74.3 cm³/mol. The van der Waals surface area contributed by atoms with Gasteiger partial charge < -0.3 is 9.26 Å². The van der Waals surface area contributed by atoms with Crippen molar-refractivity contribution in [1.82, 2.24) is 5.16 Å². The molecule has 6 nitrogen and oxygen atoms in total. The molecule has 2 rings (SSSR count). The van der Waals surface area contributed by atoms with Crippen LogP contribution in [0.5, 0.6) is 5.75 Å². The summed E-state index contributed by atoms with van der Waals surface area (Å²) in [5.41, 5.74) is 0. The van der Waals surface area contributed by atoms with Gasteiger partial charge in [-0.15, -0.1) is 0 Å². The van der Waals surface area contributed by atoms with Crippen LogP contribution < -0.4 is 9.46 Å². The normalized spacial score (nSPS) is 11.7. The number of anilines is 1. The molecule has 2 aromatic rings. The number of hydrogen-bond donors (Lipinski definition) is 1. The van der Waals surface area contributed by atoms with E-state index in [0.29, 0.717) is 17.9 Å². The lowest BCUT2D eigenvalue weighted by molar-refractivity contribution is 0.358. The zero-order valence-corrected chi connectivity index (χ0v) is 12.9. The van der Waals surface area contributed by atoms with E-state index in [1.54, 1.807) is 0 Å². The number of rotatable bonds is 5. The van der Waals surface area contributed by atoms with Crippen molar-refractivity contribution in [3.8, 4) is 5.75 Å². The smallest absolute Gasteiger partial charge is 0.263 e. The Balaban J connectivity index is 2.34. The van der Waals surface area contributed by atoms with Gasteiger partial charge >= 0.3 is 0 Å². The molecule has 22 heavy (non-hydrogen) atoms. The van der Waals surface area contributed by atoms with Gasteiger partial charge in [0.05, 0.1) is 12.0 Å². The molecule has 0 aliphatic heterocycles. The number of benzene rings is 1. The molecule has 1 N–H and O–H groups in total. The first-order chi connectivity index (χ1) is 10.2. The van der Waals surface area contributed by atoms with Crippen LogP contribution in [0.4, 0.5) is 14.6 Å². The Bertz CT molecular complexity index is 764. The molecule has 0 atom stereocenters. The highest BCUT2D eigenvalue weighted by molar-refractivity contribution is 7.92. The van der Waals surface area contributed by atoms with Crippen LogP contribution in [-0.2, 0) is 10.0 Å². The number of halogens is 2. The third-order valence-corrected chi connectivity index (χ3v) is 4.16. The minimum atomic E-state index is -4.20. The van der Waals surface area contributed by atoms with Crippen LogP contribution in [0.2, 0.25) is 0 Å². The standard InChI is InChI=1S/C13H14F2N2O4S/c1-7(2)11-6-12(16-21-11)17-22(18,19)8-4-9(14)13(20-3)10(15)5-8/h4-7H,1-3H3,(H,16,17). The second-order valence-electron chi connectivity index (χ2n) is 4.79. The van der Waals surface area contributed by atoms with Gasteiger partial charge in [-0.3, -0.25) is 4.72 Å². The number of nitrogens with one attached hydrogen (secondary N) is 1. The molecule has 0 aliphatic carbocycles. The van der Waals surface area contributed by atoms with E-state index in [1.807, 2.05) is 13.8 Å². The fourth-order valence-corrected chi connectivity index (χ4v) is 2.70. The highest BCUT2D eigenvalue weighted by Crippen LogP contribution is 2.26. The predicted octanol–water partition coefficient (Wildman–Crippen LogP) is 2.89. The summed E-state index contributed by atoms with van der Waals surface area (Å²) in [6.45, 7) is 3.68. The summed E-state index contributed by atoms with van der Waals surface area (Å²) in [6.07, 6.45) is 0.